The van der Waals surface area contributed by atoms with E-state index in [0.717, 1.165) is 29.1 Å². The number of anilines is 4. The fraction of sp³-hybridized carbons (Fsp3) is 0.348. The first-order valence-corrected chi connectivity index (χ1v) is 20.4. The normalized spacial score (nSPS) is 22.4. The Hall–Kier alpha value is -4.07. The lowest BCUT2D eigenvalue weighted by Gasteiger charge is -2.56. The summed E-state index contributed by atoms with van der Waals surface area (Å²) in [7, 11) is -2.63. The SMILES string of the molecule is Cc1cc(C)c(Nc2ccccc2P(=NC23CC4CC(CC(C4)C2)C3)(c2ccccc2)c2ccccc2Nc2c(C)cc(C)cc2C)c(C)c1. The molecule has 0 unspecified atom stereocenters. The van der Waals surface area contributed by atoms with E-state index in [2.05, 4.69) is 155 Å². The van der Waals surface area contributed by atoms with Crippen LogP contribution in [0.3, 0.4) is 0 Å². The minimum atomic E-state index is -2.63. The molecule has 3 nitrogen and oxygen atoms in total. The molecule has 4 aliphatic carbocycles. The van der Waals surface area contributed by atoms with E-state index >= 15 is 0 Å². The van der Waals surface area contributed by atoms with Gasteiger partial charge in [-0.1, -0.05) is 102 Å². The molecule has 0 atom stereocenters. The Morgan fingerprint density at radius 2 is 0.900 bits per heavy atom. The fourth-order valence-electron chi connectivity index (χ4n) is 10.5. The summed E-state index contributed by atoms with van der Waals surface area (Å²) < 4.78 is 6.56. The minimum absolute atomic E-state index is 0.00994. The third-order valence-corrected chi connectivity index (χ3v) is 15.8. The van der Waals surface area contributed by atoms with Crippen LogP contribution in [-0.2, 0) is 0 Å². The quantitative estimate of drug-likeness (QED) is 0.160. The number of benzene rings is 5. The summed E-state index contributed by atoms with van der Waals surface area (Å²) in [6, 6.07) is 38.8. The van der Waals surface area contributed by atoms with Crippen LogP contribution in [0.25, 0.3) is 0 Å². The summed E-state index contributed by atoms with van der Waals surface area (Å²) in [6.45, 7) is 13.3. The Bertz CT molecular complexity index is 1940. The highest BCUT2D eigenvalue weighted by atomic mass is 31.2. The number of para-hydroxylation sites is 2. The molecule has 0 radical (unpaired) electrons. The van der Waals surface area contributed by atoms with Gasteiger partial charge in [-0.25, -0.2) is 0 Å². The molecule has 2 N–H and O–H groups in total. The molecule has 5 aromatic rings. The molecule has 256 valence electrons. The second-order valence-corrected chi connectivity index (χ2v) is 19.0. The molecule has 0 aliphatic heterocycles. The van der Waals surface area contributed by atoms with Gasteiger partial charge < -0.3 is 10.6 Å². The van der Waals surface area contributed by atoms with E-state index in [-0.39, 0.29) is 5.54 Å². The van der Waals surface area contributed by atoms with Crippen LogP contribution in [-0.4, -0.2) is 5.54 Å². The largest absolute Gasteiger partial charge is 0.355 e. The Morgan fingerprint density at radius 1 is 0.520 bits per heavy atom. The molecule has 5 aromatic carbocycles. The van der Waals surface area contributed by atoms with Crippen molar-refractivity contribution in [3.8, 4) is 0 Å². The van der Waals surface area contributed by atoms with E-state index in [0.29, 0.717) is 0 Å². The molecule has 4 bridgehead atoms. The van der Waals surface area contributed by atoms with E-state index in [1.807, 2.05) is 0 Å². The summed E-state index contributed by atoms with van der Waals surface area (Å²) in [5, 5.41) is 12.0. The van der Waals surface area contributed by atoms with Gasteiger partial charge in [0.2, 0.25) is 0 Å². The molecule has 9 rings (SSSR count). The maximum atomic E-state index is 6.56. The Labute approximate surface area is 300 Å². The van der Waals surface area contributed by atoms with Crippen molar-refractivity contribution in [3.05, 3.63) is 137 Å². The average molecular weight is 678 g/mol. The molecular weight excluding hydrogens is 626 g/mol. The first kappa shape index (κ1) is 33.1. The zero-order valence-corrected chi connectivity index (χ0v) is 31.6. The van der Waals surface area contributed by atoms with Gasteiger partial charge in [-0.05, 0) is 132 Å². The van der Waals surface area contributed by atoms with Crippen molar-refractivity contribution in [2.45, 2.75) is 85.6 Å². The van der Waals surface area contributed by atoms with Gasteiger partial charge in [0.15, 0.2) is 0 Å². The van der Waals surface area contributed by atoms with Crippen LogP contribution in [0.1, 0.15) is 71.9 Å². The predicted octanol–water partition coefficient (Wildman–Crippen LogP) is 11.5. The standard InChI is InChI=1S/C46H52N3P/c1-30-20-32(3)44(33(4)21-30)47-40-16-10-12-18-42(40)50(39-14-8-7-9-15-39,49-46-27-36-24-37(28-46)26-38(25-36)29-46)43-19-13-11-17-41(43)48-45-34(5)22-31(2)23-35(45)6/h7-23,36-38,47-48H,24-29H2,1-6H3. The van der Waals surface area contributed by atoms with Crippen LogP contribution >= 0.6 is 7.05 Å². The lowest BCUT2D eigenvalue weighted by atomic mass is 9.53. The lowest BCUT2D eigenvalue weighted by molar-refractivity contribution is 0.00259. The molecule has 4 saturated carbocycles. The second kappa shape index (κ2) is 12.9. The van der Waals surface area contributed by atoms with E-state index in [1.54, 1.807) is 0 Å². The Kier molecular flexibility index (Phi) is 8.55. The van der Waals surface area contributed by atoms with Gasteiger partial charge >= 0.3 is 0 Å². The summed E-state index contributed by atoms with van der Waals surface area (Å²) in [5.41, 5.74) is 12.4. The second-order valence-electron chi connectivity index (χ2n) is 16.0. The van der Waals surface area contributed by atoms with E-state index in [9.17, 15) is 0 Å². The highest BCUT2D eigenvalue weighted by molar-refractivity contribution is 7.88. The number of nitrogens with zero attached hydrogens (tertiary/aromatic N) is 1. The van der Waals surface area contributed by atoms with Gasteiger partial charge in [-0.2, -0.15) is 0 Å². The van der Waals surface area contributed by atoms with Gasteiger partial charge in [0.25, 0.3) is 0 Å². The van der Waals surface area contributed by atoms with Crippen LogP contribution in [0, 0.1) is 59.3 Å². The van der Waals surface area contributed by atoms with E-state index in [4.69, 9.17) is 4.74 Å². The van der Waals surface area contributed by atoms with Crippen molar-refractivity contribution >= 4 is 45.7 Å². The monoisotopic (exact) mass is 677 g/mol. The van der Waals surface area contributed by atoms with Crippen LogP contribution < -0.4 is 26.5 Å². The Balaban J connectivity index is 1.44. The molecule has 0 saturated heterocycles. The Morgan fingerprint density at radius 3 is 1.32 bits per heavy atom. The number of hydrogen-bond donors (Lipinski definition) is 2. The van der Waals surface area contributed by atoms with Crippen LogP contribution in [0.15, 0.2) is 108 Å². The highest BCUT2D eigenvalue weighted by Gasteiger charge is 2.52. The first-order chi connectivity index (χ1) is 24.1. The van der Waals surface area contributed by atoms with Crippen molar-refractivity contribution in [2.75, 3.05) is 10.6 Å². The van der Waals surface area contributed by atoms with Crippen LogP contribution in [0.4, 0.5) is 22.7 Å². The third-order valence-electron chi connectivity index (χ3n) is 11.9. The molecule has 0 heterocycles. The first-order valence-electron chi connectivity index (χ1n) is 18.7. The summed E-state index contributed by atoms with van der Waals surface area (Å²) in [6.07, 6.45) is 7.89. The van der Waals surface area contributed by atoms with Gasteiger partial charge in [0.1, 0.15) is 0 Å². The molecule has 0 amide bonds. The minimum Gasteiger partial charge on any atom is -0.355 e. The van der Waals surface area contributed by atoms with E-state index in [1.165, 1.54) is 99.2 Å². The lowest BCUT2D eigenvalue weighted by Crippen LogP contribution is -2.50. The van der Waals surface area contributed by atoms with E-state index < -0.39 is 7.05 Å². The molecular formula is C46H52N3P. The van der Waals surface area contributed by atoms with Crippen molar-refractivity contribution in [3.63, 3.8) is 0 Å². The van der Waals surface area contributed by atoms with Crippen LogP contribution in [0.2, 0.25) is 0 Å². The average Bonchev–Trinajstić information content (AvgIpc) is 3.07. The summed E-state index contributed by atoms with van der Waals surface area (Å²) >= 11 is 0. The molecule has 0 spiro atoms. The smallest absolute Gasteiger partial charge is 0.0612 e. The third kappa shape index (κ3) is 5.92. The number of aryl methyl sites for hydroxylation is 6. The molecule has 0 aromatic heterocycles. The summed E-state index contributed by atoms with van der Waals surface area (Å²) in [4.78, 5) is 0. The van der Waals surface area contributed by atoms with Gasteiger partial charge in [-0.3, -0.25) is 4.74 Å². The predicted molar refractivity (Wildman–Crippen MR) is 216 cm³/mol. The molecule has 4 heteroatoms. The van der Waals surface area contributed by atoms with Gasteiger partial charge in [-0.15, -0.1) is 0 Å². The number of nitrogens with one attached hydrogen (secondary N) is 2. The topological polar surface area (TPSA) is 36.4 Å². The van der Waals surface area contributed by atoms with Crippen LogP contribution in [0.5, 0.6) is 0 Å². The van der Waals surface area contributed by atoms with Gasteiger partial charge in [0.05, 0.1) is 12.6 Å². The maximum absolute atomic E-state index is 6.56. The van der Waals surface area contributed by atoms with Crippen molar-refractivity contribution < 1.29 is 0 Å². The number of rotatable bonds is 8. The zero-order valence-electron chi connectivity index (χ0n) is 30.7. The molecule has 4 aliphatic rings. The van der Waals surface area contributed by atoms with Crippen molar-refractivity contribution in [2.24, 2.45) is 22.5 Å². The fourth-order valence-corrected chi connectivity index (χ4v) is 14.7. The van der Waals surface area contributed by atoms with Gasteiger partial charge in [0, 0.05) is 38.7 Å². The van der Waals surface area contributed by atoms with Crippen molar-refractivity contribution in [1.29, 1.82) is 0 Å². The molecule has 4 fully saturated rings. The molecule has 50 heavy (non-hydrogen) atoms. The maximum Gasteiger partial charge on any atom is 0.0612 e. The zero-order chi connectivity index (χ0) is 34.6. The van der Waals surface area contributed by atoms with Crippen molar-refractivity contribution in [1.82, 2.24) is 0 Å². The number of hydrogen-bond acceptors (Lipinski definition) is 3. The highest BCUT2D eigenvalue weighted by Crippen LogP contribution is 2.62. The summed E-state index contributed by atoms with van der Waals surface area (Å²) in [5.74, 6) is 2.42.